The lowest BCUT2D eigenvalue weighted by atomic mass is 10.1. The molecular weight excluding hydrogens is 504 g/mol. The zero-order chi connectivity index (χ0) is 28.9. The summed E-state index contributed by atoms with van der Waals surface area (Å²) in [7, 11) is 0. The van der Waals surface area contributed by atoms with Gasteiger partial charge < -0.3 is 20.4 Å². The van der Waals surface area contributed by atoms with E-state index in [0.29, 0.717) is 12.5 Å². The van der Waals surface area contributed by atoms with Gasteiger partial charge in [0.05, 0.1) is 13.2 Å². The summed E-state index contributed by atoms with van der Waals surface area (Å²) in [4.78, 5) is 38.5. The summed E-state index contributed by atoms with van der Waals surface area (Å²) in [6.45, 7) is 12.6. The quantitative estimate of drug-likeness (QED) is 0.196. The first-order valence-electron chi connectivity index (χ1n) is 14.4. The number of aromatic amines is 1. The van der Waals surface area contributed by atoms with Crippen LogP contribution in [-0.4, -0.2) is 50.7 Å². The number of aromatic nitrogens is 4. The normalized spacial score (nSPS) is 14.6. The molecule has 2 aromatic heterocycles. The molecule has 1 aromatic carbocycles. The van der Waals surface area contributed by atoms with Crippen molar-refractivity contribution in [3.8, 4) is 6.01 Å². The van der Waals surface area contributed by atoms with Crippen molar-refractivity contribution >= 4 is 23.1 Å². The Balaban J connectivity index is 0.000000810. The van der Waals surface area contributed by atoms with Gasteiger partial charge in [-0.2, -0.15) is 9.97 Å². The van der Waals surface area contributed by atoms with Crippen molar-refractivity contribution in [3.63, 3.8) is 0 Å². The average molecular weight is 549 g/mol. The number of nitrogens with zero attached hydrogens (tertiary/aromatic N) is 4. The molecule has 1 aliphatic rings. The second-order valence-corrected chi connectivity index (χ2v) is 10.2. The van der Waals surface area contributed by atoms with Crippen LogP contribution in [0, 0.1) is 5.92 Å². The molecule has 1 atom stereocenters. The lowest BCUT2D eigenvalue weighted by Crippen LogP contribution is -2.37. The molecule has 3 aromatic rings. The third-order valence-corrected chi connectivity index (χ3v) is 6.71. The van der Waals surface area contributed by atoms with Gasteiger partial charge in [0.15, 0.2) is 11.5 Å². The molecule has 0 spiro atoms. The van der Waals surface area contributed by atoms with Crippen LogP contribution in [0.25, 0.3) is 17.2 Å². The molecule has 0 radical (unpaired) electrons. The highest BCUT2D eigenvalue weighted by atomic mass is 16.5. The number of nitrogens with one attached hydrogen (secondary N) is 1. The molecule has 1 aliphatic heterocycles. The Hall–Kier alpha value is -3.72. The van der Waals surface area contributed by atoms with E-state index in [-0.39, 0.29) is 29.5 Å². The smallest absolute Gasteiger partial charge is 0.320 e. The summed E-state index contributed by atoms with van der Waals surface area (Å²) in [5.41, 5.74) is 7.00. The van der Waals surface area contributed by atoms with Gasteiger partial charge in [0.1, 0.15) is 5.52 Å². The summed E-state index contributed by atoms with van der Waals surface area (Å²) in [5, 5.41) is 0. The number of hydrogen-bond donors (Lipinski definition) is 2. The van der Waals surface area contributed by atoms with Crippen LogP contribution in [0.3, 0.4) is 0 Å². The standard InChI is InChI=1S/C26H34N6O3.C5H10/c1-3-4-15-35-26-29-22(27)21-23(30-26)32(25(34)24(33)28-21)17-20-11-9-19(10-12-20)8-7-18(2)16-31-13-5-6-14-31;1-3-5-4-2/h7-12,18H,3-6,13-17H2,1-2H3,(H,28,33)(H2,27,29,30);3,5H,4H2,1-2H3/b8-7+;5-3-. The molecule has 0 saturated carbocycles. The van der Waals surface area contributed by atoms with Gasteiger partial charge in [0, 0.05) is 6.54 Å². The van der Waals surface area contributed by atoms with Gasteiger partial charge in [0.25, 0.3) is 0 Å². The van der Waals surface area contributed by atoms with Crippen molar-refractivity contribution in [2.24, 2.45) is 5.92 Å². The average Bonchev–Trinajstić information content (AvgIpc) is 3.45. The third-order valence-electron chi connectivity index (χ3n) is 6.71. The third kappa shape index (κ3) is 8.91. The van der Waals surface area contributed by atoms with Crippen LogP contribution in [0.5, 0.6) is 6.01 Å². The van der Waals surface area contributed by atoms with Gasteiger partial charge in [-0.25, -0.2) is 0 Å². The highest BCUT2D eigenvalue weighted by Gasteiger charge is 2.15. The predicted molar refractivity (Wildman–Crippen MR) is 164 cm³/mol. The summed E-state index contributed by atoms with van der Waals surface area (Å²) in [6, 6.07) is 8.02. The van der Waals surface area contributed by atoms with Crippen molar-refractivity contribution < 1.29 is 4.74 Å². The second-order valence-electron chi connectivity index (χ2n) is 10.2. The maximum atomic E-state index is 12.7. The number of unbranched alkanes of at least 4 members (excludes halogenated alkanes) is 1. The highest BCUT2D eigenvalue weighted by Crippen LogP contribution is 2.18. The fourth-order valence-corrected chi connectivity index (χ4v) is 4.53. The number of rotatable bonds is 11. The van der Waals surface area contributed by atoms with Crippen LogP contribution < -0.4 is 21.6 Å². The zero-order valence-electron chi connectivity index (χ0n) is 24.4. The first-order chi connectivity index (χ1) is 19.4. The Kier molecular flexibility index (Phi) is 12.1. The molecule has 0 bridgehead atoms. The molecule has 216 valence electrons. The van der Waals surface area contributed by atoms with Crippen molar-refractivity contribution in [2.75, 3.05) is 32.0 Å². The number of nitrogen functional groups attached to an aromatic ring is 1. The van der Waals surface area contributed by atoms with Crippen molar-refractivity contribution in [1.29, 1.82) is 0 Å². The molecule has 0 aliphatic carbocycles. The van der Waals surface area contributed by atoms with Gasteiger partial charge in [-0.15, -0.1) is 0 Å². The molecule has 0 amide bonds. The van der Waals surface area contributed by atoms with Crippen LogP contribution in [0.4, 0.5) is 5.82 Å². The Morgan fingerprint density at radius 3 is 2.48 bits per heavy atom. The van der Waals surface area contributed by atoms with E-state index < -0.39 is 11.1 Å². The van der Waals surface area contributed by atoms with E-state index in [0.717, 1.165) is 36.9 Å². The van der Waals surface area contributed by atoms with E-state index in [4.69, 9.17) is 10.5 Å². The molecule has 1 unspecified atom stereocenters. The van der Waals surface area contributed by atoms with E-state index in [2.05, 4.69) is 64.9 Å². The Bertz CT molecular complexity index is 1390. The monoisotopic (exact) mass is 548 g/mol. The summed E-state index contributed by atoms with van der Waals surface area (Å²) in [5.74, 6) is 0.545. The Morgan fingerprint density at radius 1 is 1.12 bits per heavy atom. The van der Waals surface area contributed by atoms with Crippen LogP contribution in [0.1, 0.15) is 70.9 Å². The first kappa shape index (κ1) is 30.8. The van der Waals surface area contributed by atoms with Gasteiger partial charge >= 0.3 is 17.1 Å². The van der Waals surface area contributed by atoms with Crippen molar-refractivity contribution in [2.45, 2.75) is 66.3 Å². The molecular formula is C31H44N6O3. The minimum absolute atomic E-state index is 0.0656. The number of H-pyrrole nitrogens is 1. The molecule has 4 rings (SSSR count). The summed E-state index contributed by atoms with van der Waals surface area (Å²) < 4.78 is 6.92. The maximum Gasteiger partial charge on any atom is 0.320 e. The fraction of sp³-hybridized carbons (Fsp3) is 0.484. The minimum Gasteiger partial charge on any atom is -0.463 e. The highest BCUT2D eigenvalue weighted by molar-refractivity contribution is 5.81. The minimum atomic E-state index is -0.765. The maximum absolute atomic E-state index is 12.7. The molecule has 1 fully saturated rings. The van der Waals surface area contributed by atoms with E-state index in [1.165, 1.54) is 30.5 Å². The number of allylic oxidation sites excluding steroid dienone is 2. The van der Waals surface area contributed by atoms with Crippen LogP contribution in [-0.2, 0) is 6.54 Å². The van der Waals surface area contributed by atoms with Crippen LogP contribution in [0.15, 0.2) is 52.1 Å². The number of nitrogens with two attached hydrogens (primary N) is 1. The fourth-order valence-electron chi connectivity index (χ4n) is 4.53. The molecule has 9 nitrogen and oxygen atoms in total. The zero-order valence-corrected chi connectivity index (χ0v) is 24.4. The van der Waals surface area contributed by atoms with E-state index in [9.17, 15) is 9.59 Å². The summed E-state index contributed by atoms with van der Waals surface area (Å²) >= 11 is 0. The topological polar surface area (TPSA) is 119 Å². The van der Waals surface area contributed by atoms with Crippen molar-refractivity contribution in [1.82, 2.24) is 24.4 Å². The molecule has 9 heteroatoms. The van der Waals surface area contributed by atoms with Gasteiger partial charge in [0.2, 0.25) is 0 Å². The number of ether oxygens (including phenoxy) is 1. The predicted octanol–water partition coefficient (Wildman–Crippen LogP) is 5.01. The number of fused-ring (bicyclic) bond motifs is 1. The number of likely N-dealkylation sites (tertiary alicyclic amines) is 1. The lowest BCUT2D eigenvalue weighted by molar-refractivity contribution is 0.286. The Labute approximate surface area is 236 Å². The van der Waals surface area contributed by atoms with E-state index >= 15 is 0 Å². The van der Waals surface area contributed by atoms with Gasteiger partial charge in [-0.3, -0.25) is 14.2 Å². The molecule has 1 saturated heterocycles. The van der Waals surface area contributed by atoms with E-state index in [1.54, 1.807) is 0 Å². The largest absolute Gasteiger partial charge is 0.463 e. The molecule has 3 heterocycles. The number of hydrogen-bond acceptors (Lipinski definition) is 7. The van der Waals surface area contributed by atoms with Gasteiger partial charge in [-0.1, -0.05) is 75.8 Å². The summed E-state index contributed by atoms with van der Waals surface area (Å²) in [6.07, 6.45) is 14.1. The van der Waals surface area contributed by atoms with Crippen molar-refractivity contribution in [3.05, 3.63) is 74.3 Å². The second kappa shape index (κ2) is 15.8. The lowest BCUT2D eigenvalue weighted by Gasteiger charge is -2.17. The Morgan fingerprint density at radius 2 is 1.85 bits per heavy atom. The molecule has 40 heavy (non-hydrogen) atoms. The SMILES string of the molecule is C/C=C\CC.CCCCOc1nc(N)c2[nH]c(=O)c(=O)n(Cc3ccc(/C=C/C(C)CN4CCCC4)cc3)c2n1. The molecule has 3 N–H and O–H groups in total. The van der Waals surface area contributed by atoms with Crippen LogP contribution >= 0.6 is 0 Å². The van der Waals surface area contributed by atoms with E-state index in [1.807, 2.05) is 31.2 Å². The number of benzene rings is 1. The number of anilines is 1. The van der Waals surface area contributed by atoms with Gasteiger partial charge in [-0.05, 0) is 62.7 Å². The van der Waals surface area contributed by atoms with Crippen LogP contribution in [0.2, 0.25) is 0 Å². The first-order valence-corrected chi connectivity index (χ1v) is 14.4.